The van der Waals surface area contributed by atoms with Crippen LogP contribution in [-0.2, 0) is 0 Å². The number of unbranched alkanes of at least 4 members (excludes halogenated alkanes) is 3. The minimum Gasteiger partial charge on any atom is -0.346 e. The lowest BCUT2D eigenvalue weighted by molar-refractivity contribution is 0.212. The molecule has 0 aliphatic carbocycles. The highest BCUT2D eigenvalue weighted by Gasteiger charge is 2.15. The molecule has 2 aromatic rings. The van der Waals surface area contributed by atoms with E-state index in [-0.39, 0.29) is 5.71 Å². The van der Waals surface area contributed by atoms with Crippen LogP contribution in [0.25, 0.3) is 11.1 Å². The van der Waals surface area contributed by atoms with Crippen LogP contribution in [0.3, 0.4) is 0 Å². The van der Waals surface area contributed by atoms with Crippen LogP contribution >= 0.6 is 0 Å². The van der Waals surface area contributed by atoms with Gasteiger partial charge in [0.15, 0.2) is 0 Å². The van der Waals surface area contributed by atoms with Gasteiger partial charge >= 0.3 is 11.6 Å². The molecular weight excluding hydrogens is 258 g/mol. The Hall–Kier alpha value is -2.11. The number of carbonyl (C=O) groups excluding carboxylic acids is 1. The Morgan fingerprint density at radius 1 is 1.35 bits per heavy atom. The molecule has 1 amide bonds. The summed E-state index contributed by atoms with van der Waals surface area (Å²) >= 11 is 0. The van der Waals surface area contributed by atoms with E-state index in [1.165, 1.54) is 0 Å². The Kier molecular flexibility index (Phi) is 4.55. The summed E-state index contributed by atoms with van der Waals surface area (Å²) in [6.07, 6.45) is 4.24. The maximum atomic E-state index is 12.0. The quantitative estimate of drug-likeness (QED) is 0.851. The van der Waals surface area contributed by atoms with Crippen LogP contribution in [0, 0.1) is 6.92 Å². The standard InChI is InChI=1S/C14H19N3O3/c1-3-4-5-6-9-15-14(19)17-13(18)11-8-7-10(2)16-12(11)20-17/h7-8H,3-6,9H2,1-2H3,(H,15,19). The van der Waals surface area contributed by atoms with Crippen LogP contribution in [0.4, 0.5) is 4.79 Å². The molecule has 0 spiro atoms. The Balaban J connectivity index is 2.07. The number of hydrogen-bond donors (Lipinski definition) is 1. The van der Waals surface area contributed by atoms with Gasteiger partial charge in [-0.2, -0.15) is 0 Å². The lowest BCUT2D eigenvalue weighted by Gasteiger charge is -2.02. The summed E-state index contributed by atoms with van der Waals surface area (Å²) < 4.78 is 5.93. The van der Waals surface area contributed by atoms with Crippen molar-refractivity contribution in [2.24, 2.45) is 0 Å². The highest BCUT2D eigenvalue weighted by Crippen LogP contribution is 2.08. The molecule has 0 fully saturated rings. The van der Waals surface area contributed by atoms with E-state index in [1.54, 1.807) is 19.1 Å². The first-order valence-corrected chi connectivity index (χ1v) is 6.91. The normalized spacial score (nSPS) is 10.9. The average Bonchev–Trinajstić information content (AvgIpc) is 2.75. The second-order valence-corrected chi connectivity index (χ2v) is 4.79. The summed E-state index contributed by atoms with van der Waals surface area (Å²) in [6, 6.07) is 2.79. The predicted octanol–water partition coefficient (Wildman–Crippen LogP) is 2.44. The van der Waals surface area contributed by atoms with Crippen molar-refractivity contribution < 1.29 is 9.32 Å². The van der Waals surface area contributed by atoms with Crippen LogP contribution in [0.1, 0.15) is 38.3 Å². The van der Waals surface area contributed by atoms with Gasteiger partial charge < -0.3 is 9.84 Å². The summed E-state index contributed by atoms with van der Waals surface area (Å²) in [4.78, 5) is 28.0. The fourth-order valence-electron chi connectivity index (χ4n) is 1.96. The van der Waals surface area contributed by atoms with E-state index in [1.807, 2.05) is 0 Å². The number of fused-ring (bicyclic) bond motifs is 1. The third kappa shape index (κ3) is 3.07. The molecule has 0 atom stereocenters. The number of hydrogen-bond acceptors (Lipinski definition) is 4. The number of nitrogens with zero attached hydrogens (tertiary/aromatic N) is 2. The monoisotopic (exact) mass is 277 g/mol. The van der Waals surface area contributed by atoms with Gasteiger partial charge in [-0.25, -0.2) is 9.78 Å². The molecule has 20 heavy (non-hydrogen) atoms. The second kappa shape index (κ2) is 6.36. The van der Waals surface area contributed by atoms with E-state index in [0.29, 0.717) is 11.9 Å². The summed E-state index contributed by atoms with van der Waals surface area (Å²) in [5.41, 5.74) is 0.452. The van der Waals surface area contributed by atoms with Gasteiger partial charge in [0.25, 0.3) is 5.71 Å². The zero-order valence-electron chi connectivity index (χ0n) is 11.8. The number of aromatic nitrogens is 2. The molecule has 6 nitrogen and oxygen atoms in total. The van der Waals surface area contributed by atoms with E-state index < -0.39 is 11.6 Å². The summed E-state index contributed by atoms with van der Waals surface area (Å²) in [7, 11) is 0. The first-order valence-electron chi connectivity index (χ1n) is 6.91. The van der Waals surface area contributed by atoms with Crippen molar-refractivity contribution in [2.75, 3.05) is 6.54 Å². The van der Waals surface area contributed by atoms with Crippen molar-refractivity contribution in [1.29, 1.82) is 0 Å². The summed E-state index contributed by atoms with van der Waals surface area (Å²) in [5.74, 6) is 0. The van der Waals surface area contributed by atoms with Crippen molar-refractivity contribution >= 4 is 17.1 Å². The van der Waals surface area contributed by atoms with Crippen molar-refractivity contribution in [3.63, 3.8) is 0 Å². The summed E-state index contributed by atoms with van der Waals surface area (Å²) in [5, 5.41) is 2.99. The molecule has 2 rings (SSSR count). The number of nitrogens with one attached hydrogen (secondary N) is 1. The van der Waals surface area contributed by atoms with Crippen LogP contribution in [0.2, 0.25) is 0 Å². The van der Waals surface area contributed by atoms with E-state index in [4.69, 9.17) is 4.52 Å². The fraction of sp³-hybridized carbons (Fsp3) is 0.500. The van der Waals surface area contributed by atoms with Gasteiger partial charge in [-0.3, -0.25) is 4.79 Å². The lowest BCUT2D eigenvalue weighted by Crippen LogP contribution is -2.34. The Morgan fingerprint density at radius 3 is 2.90 bits per heavy atom. The SMILES string of the molecule is CCCCCCNC(=O)n1oc2nc(C)ccc2c1=O. The minimum absolute atomic E-state index is 0.191. The number of aryl methyl sites for hydroxylation is 1. The Morgan fingerprint density at radius 2 is 2.15 bits per heavy atom. The molecule has 0 unspecified atom stereocenters. The van der Waals surface area contributed by atoms with Crippen molar-refractivity contribution in [3.8, 4) is 0 Å². The Labute approximate surface area is 116 Å². The minimum atomic E-state index is -0.540. The van der Waals surface area contributed by atoms with Crippen LogP contribution in [0.15, 0.2) is 21.5 Å². The molecule has 0 aliphatic rings. The van der Waals surface area contributed by atoms with Gasteiger partial charge in [-0.1, -0.05) is 30.9 Å². The maximum Gasteiger partial charge on any atom is 0.358 e. The molecule has 108 valence electrons. The lowest BCUT2D eigenvalue weighted by atomic mass is 10.2. The first-order chi connectivity index (χ1) is 9.63. The number of carbonyl (C=O) groups is 1. The van der Waals surface area contributed by atoms with Crippen molar-refractivity contribution in [2.45, 2.75) is 39.5 Å². The molecule has 6 heteroatoms. The first kappa shape index (κ1) is 14.3. The fourth-order valence-corrected chi connectivity index (χ4v) is 1.96. The zero-order valence-corrected chi connectivity index (χ0v) is 11.8. The van der Waals surface area contributed by atoms with Gasteiger partial charge in [-0.05, 0) is 25.5 Å². The maximum absolute atomic E-state index is 12.0. The molecule has 0 aliphatic heterocycles. The van der Waals surface area contributed by atoms with E-state index in [2.05, 4.69) is 17.2 Å². The molecule has 0 bridgehead atoms. The molecule has 1 N–H and O–H groups in total. The van der Waals surface area contributed by atoms with Crippen molar-refractivity contribution in [3.05, 3.63) is 28.2 Å². The van der Waals surface area contributed by atoms with Gasteiger partial charge in [0.2, 0.25) is 0 Å². The van der Waals surface area contributed by atoms with Gasteiger partial charge in [0.1, 0.15) is 5.39 Å². The third-order valence-electron chi connectivity index (χ3n) is 3.08. The van der Waals surface area contributed by atoms with Crippen LogP contribution in [-0.4, -0.2) is 22.3 Å². The smallest absolute Gasteiger partial charge is 0.346 e. The predicted molar refractivity (Wildman–Crippen MR) is 75.9 cm³/mol. The molecule has 2 heterocycles. The molecule has 0 aromatic carbocycles. The van der Waals surface area contributed by atoms with Crippen molar-refractivity contribution in [1.82, 2.24) is 15.0 Å². The highest BCUT2D eigenvalue weighted by molar-refractivity contribution is 5.80. The molecule has 0 radical (unpaired) electrons. The molecular formula is C14H19N3O3. The number of pyridine rings is 1. The third-order valence-corrected chi connectivity index (χ3v) is 3.08. The van der Waals surface area contributed by atoms with Crippen LogP contribution in [0.5, 0.6) is 0 Å². The highest BCUT2D eigenvalue weighted by atomic mass is 16.5. The number of rotatable bonds is 5. The van der Waals surface area contributed by atoms with Gasteiger partial charge in [0, 0.05) is 12.2 Å². The Bertz CT molecular complexity index is 657. The average molecular weight is 277 g/mol. The number of amides is 1. The van der Waals surface area contributed by atoms with Crippen LogP contribution < -0.4 is 10.9 Å². The topological polar surface area (TPSA) is 77.1 Å². The second-order valence-electron chi connectivity index (χ2n) is 4.79. The molecule has 0 saturated heterocycles. The summed E-state index contributed by atoms with van der Waals surface area (Å²) in [6.45, 7) is 4.46. The van der Waals surface area contributed by atoms with E-state index in [0.717, 1.165) is 36.1 Å². The van der Waals surface area contributed by atoms with E-state index in [9.17, 15) is 9.59 Å². The van der Waals surface area contributed by atoms with Gasteiger partial charge in [0.05, 0.1) is 0 Å². The zero-order chi connectivity index (χ0) is 14.5. The van der Waals surface area contributed by atoms with E-state index >= 15 is 0 Å². The largest absolute Gasteiger partial charge is 0.358 e. The van der Waals surface area contributed by atoms with Gasteiger partial charge in [-0.15, -0.1) is 0 Å². The molecule has 0 saturated carbocycles. The molecule has 2 aromatic heterocycles.